The zero-order valence-corrected chi connectivity index (χ0v) is 10.4. The van der Waals surface area contributed by atoms with Gasteiger partial charge in [-0.05, 0) is 5.41 Å². The Morgan fingerprint density at radius 2 is 2.13 bits per heavy atom. The van der Waals surface area contributed by atoms with E-state index in [1.807, 2.05) is 46.8 Å². The number of thioether (sulfide) groups is 1. The number of nitrogens with zero attached hydrogens (tertiary/aromatic N) is 1. The topological polar surface area (TPSA) is 20.3 Å². The number of carbonyl (C=O) groups excluding carboxylic acids is 1. The number of rotatable bonds is 3. The summed E-state index contributed by atoms with van der Waals surface area (Å²) in [5.74, 6) is 0.146. The van der Waals surface area contributed by atoms with Crippen LogP contribution in [0.3, 0.4) is 0 Å². The van der Waals surface area contributed by atoms with Gasteiger partial charge in [0.15, 0.2) is 5.78 Å². The van der Waals surface area contributed by atoms with Gasteiger partial charge in [0.25, 0.3) is 0 Å². The average molecular weight is 284 g/mol. The van der Waals surface area contributed by atoms with Crippen molar-refractivity contribution < 1.29 is 4.79 Å². The Balaban J connectivity index is 2.01. The van der Waals surface area contributed by atoms with Crippen LogP contribution in [0.1, 0.15) is 10.4 Å². The standard InChI is InChI=1S/C11H10BrNOS/c12-11-13(6-7-15-11)8-10(14)9-4-2-1-3-5-9/h1-7,11H,8H2. The zero-order chi connectivity index (χ0) is 10.7. The number of Topliss-reactive ketones (excluding diaryl/α,β-unsaturated/α-hetero) is 1. The molecule has 2 rings (SSSR count). The van der Waals surface area contributed by atoms with E-state index in [2.05, 4.69) is 15.9 Å². The molecule has 1 aliphatic heterocycles. The smallest absolute Gasteiger partial charge is 0.182 e. The fraction of sp³-hybridized carbons (Fsp3) is 0.182. The van der Waals surface area contributed by atoms with Gasteiger partial charge in [-0.2, -0.15) is 0 Å². The largest absolute Gasteiger partial charge is 0.348 e. The summed E-state index contributed by atoms with van der Waals surface area (Å²) < 4.78 is 0.185. The van der Waals surface area contributed by atoms with Crippen molar-refractivity contribution >= 4 is 33.5 Å². The van der Waals surface area contributed by atoms with Gasteiger partial charge < -0.3 is 4.90 Å². The first-order valence-corrected chi connectivity index (χ1v) is 6.43. The first-order chi connectivity index (χ1) is 7.27. The van der Waals surface area contributed by atoms with Crippen LogP contribution in [-0.2, 0) is 0 Å². The third-order valence-corrected chi connectivity index (χ3v) is 4.07. The highest BCUT2D eigenvalue weighted by Crippen LogP contribution is 2.29. The summed E-state index contributed by atoms with van der Waals surface area (Å²) in [5.41, 5.74) is 0.766. The molecule has 0 bridgehead atoms. The van der Waals surface area contributed by atoms with E-state index >= 15 is 0 Å². The van der Waals surface area contributed by atoms with Crippen molar-refractivity contribution in [3.8, 4) is 0 Å². The number of halogens is 1. The molecule has 1 atom stereocenters. The average Bonchev–Trinajstić information content (AvgIpc) is 2.66. The third kappa shape index (κ3) is 2.63. The minimum atomic E-state index is 0.146. The molecule has 0 radical (unpaired) electrons. The Morgan fingerprint density at radius 3 is 2.73 bits per heavy atom. The summed E-state index contributed by atoms with van der Waals surface area (Å²) in [4.78, 5) is 13.8. The van der Waals surface area contributed by atoms with Crippen LogP contribution in [0.15, 0.2) is 41.9 Å². The van der Waals surface area contributed by atoms with E-state index < -0.39 is 0 Å². The van der Waals surface area contributed by atoms with Crippen molar-refractivity contribution in [1.29, 1.82) is 0 Å². The van der Waals surface area contributed by atoms with E-state index in [1.165, 1.54) is 0 Å². The molecule has 4 heteroatoms. The lowest BCUT2D eigenvalue weighted by Crippen LogP contribution is -2.26. The minimum absolute atomic E-state index is 0.146. The van der Waals surface area contributed by atoms with E-state index in [1.54, 1.807) is 11.8 Å². The van der Waals surface area contributed by atoms with Crippen molar-refractivity contribution in [2.75, 3.05) is 6.54 Å². The predicted octanol–water partition coefficient (Wildman–Crippen LogP) is 3.07. The molecule has 0 saturated heterocycles. The molecule has 1 unspecified atom stereocenters. The number of benzene rings is 1. The van der Waals surface area contributed by atoms with E-state index in [9.17, 15) is 4.79 Å². The molecule has 0 fully saturated rings. The van der Waals surface area contributed by atoms with Crippen LogP contribution in [0.4, 0.5) is 0 Å². The molecule has 1 aliphatic rings. The van der Waals surface area contributed by atoms with Gasteiger partial charge >= 0.3 is 0 Å². The molecule has 0 aliphatic carbocycles. The molecule has 0 saturated carbocycles. The molecule has 0 amide bonds. The molecule has 2 nitrogen and oxygen atoms in total. The van der Waals surface area contributed by atoms with E-state index in [4.69, 9.17) is 0 Å². The highest BCUT2D eigenvalue weighted by molar-refractivity contribution is 9.11. The van der Waals surface area contributed by atoms with Crippen LogP contribution in [0, 0.1) is 0 Å². The SMILES string of the molecule is O=C(CN1C=CSC1Br)c1ccccc1. The maximum Gasteiger partial charge on any atom is 0.182 e. The fourth-order valence-corrected chi connectivity index (χ4v) is 2.64. The van der Waals surface area contributed by atoms with Crippen LogP contribution in [-0.4, -0.2) is 21.5 Å². The van der Waals surface area contributed by atoms with Gasteiger partial charge in [-0.3, -0.25) is 4.79 Å². The van der Waals surface area contributed by atoms with Crippen molar-refractivity contribution in [3.05, 3.63) is 47.5 Å². The molecule has 1 aromatic carbocycles. The summed E-state index contributed by atoms with van der Waals surface area (Å²) in [6.45, 7) is 0.420. The molecule has 15 heavy (non-hydrogen) atoms. The lowest BCUT2D eigenvalue weighted by molar-refractivity contribution is 0.0961. The van der Waals surface area contributed by atoms with Crippen molar-refractivity contribution in [3.63, 3.8) is 0 Å². The van der Waals surface area contributed by atoms with E-state index in [-0.39, 0.29) is 10.1 Å². The third-order valence-electron chi connectivity index (χ3n) is 2.13. The molecule has 1 aromatic rings. The molecule has 1 heterocycles. The van der Waals surface area contributed by atoms with Gasteiger partial charge in [0.2, 0.25) is 0 Å². The summed E-state index contributed by atoms with van der Waals surface area (Å²) in [6.07, 6.45) is 1.94. The fourth-order valence-electron chi connectivity index (χ4n) is 1.33. The Bertz CT molecular complexity index is 379. The maximum absolute atomic E-state index is 11.8. The number of hydrogen-bond donors (Lipinski definition) is 0. The quantitative estimate of drug-likeness (QED) is 0.483. The summed E-state index contributed by atoms with van der Waals surface area (Å²) in [5, 5.41) is 1.98. The first kappa shape index (κ1) is 10.8. The molecular weight excluding hydrogens is 274 g/mol. The van der Waals surface area contributed by atoms with Gasteiger partial charge in [-0.15, -0.1) is 0 Å². The van der Waals surface area contributed by atoms with Crippen LogP contribution in [0.25, 0.3) is 0 Å². The second-order valence-electron chi connectivity index (χ2n) is 3.17. The van der Waals surface area contributed by atoms with Gasteiger partial charge in [0.1, 0.15) is 4.28 Å². The monoisotopic (exact) mass is 283 g/mol. The zero-order valence-electron chi connectivity index (χ0n) is 7.97. The molecule has 0 N–H and O–H groups in total. The number of alkyl halides is 1. The molecule has 0 aromatic heterocycles. The normalized spacial score (nSPS) is 19.5. The highest BCUT2D eigenvalue weighted by atomic mass is 79.9. The Kier molecular flexibility index (Phi) is 3.49. The number of carbonyl (C=O) groups is 1. The number of hydrogen-bond acceptors (Lipinski definition) is 3. The summed E-state index contributed by atoms with van der Waals surface area (Å²) in [6, 6.07) is 9.37. The Hall–Kier alpha value is -0.740. The first-order valence-electron chi connectivity index (χ1n) is 4.57. The predicted molar refractivity (Wildman–Crippen MR) is 66.9 cm³/mol. The van der Waals surface area contributed by atoms with Crippen molar-refractivity contribution in [1.82, 2.24) is 4.90 Å². The van der Waals surface area contributed by atoms with Crippen LogP contribution >= 0.6 is 27.7 Å². The minimum Gasteiger partial charge on any atom is -0.348 e. The lowest BCUT2D eigenvalue weighted by atomic mass is 10.1. The molecule has 0 spiro atoms. The lowest BCUT2D eigenvalue weighted by Gasteiger charge is -2.18. The molecular formula is C11H10BrNOS. The van der Waals surface area contributed by atoms with Gasteiger partial charge in [0, 0.05) is 11.8 Å². The number of ketones is 1. The van der Waals surface area contributed by atoms with Gasteiger partial charge in [-0.1, -0.05) is 58.0 Å². The summed E-state index contributed by atoms with van der Waals surface area (Å²) in [7, 11) is 0. The maximum atomic E-state index is 11.8. The molecule has 78 valence electrons. The van der Waals surface area contributed by atoms with Gasteiger partial charge in [0.05, 0.1) is 6.54 Å². The van der Waals surface area contributed by atoms with E-state index in [0.717, 1.165) is 5.56 Å². The van der Waals surface area contributed by atoms with Crippen molar-refractivity contribution in [2.24, 2.45) is 0 Å². The Labute approximate surface area is 101 Å². The van der Waals surface area contributed by atoms with E-state index in [0.29, 0.717) is 6.54 Å². The summed E-state index contributed by atoms with van der Waals surface area (Å²) >= 11 is 5.13. The van der Waals surface area contributed by atoms with Crippen LogP contribution < -0.4 is 0 Å². The van der Waals surface area contributed by atoms with Crippen molar-refractivity contribution in [2.45, 2.75) is 4.28 Å². The Morgan fingerprint density at radius 1 is 1.40 bits per heavy atom. The second kappa shape index (κ2) is 4.86. The second-order valence-corrected chi connectivity index (χ2v) is 5.64. The highest BCUT2D eigenvalue weighted by Gasteiger charge is 2.19. The van der Waals surface area contributed by atoms with Gasteiger partial charge in [-0.25, -0.2) is 0 Å². The van der Waals surface area contributed by atoms with Crippen LogP contribution in [0.5, 0.6) is 0 Å². The van der Waals surface area contributed by atoms with Crippen LogP contribution in [0.2, 0.25) is 0 Å².